The van der Waals surface area contributed by atoms with Crippen molar-refractivity contribution in [1.29, 1.82) is 5.26 Å². The highest BCUT2D eigenvalue weighted by atomic mass is 16.2. The van der Waals surface area contributed by atoms with Gasteiger partial charge in [0.15, 0.2) is 0 Å². The Balaban J connectivity index is 4.65. The van der Waals surface area contributed by atoms with Crippen LogP contribution >= 0.6 is 0 Å². The van der Waals surface area contributed by atoms with E-state index in [9.17, 15) is 9.59 Å². The number of carbonyl (C=O) groups excluding carboxylic acids is 2. The summed E-state index contributed by atoms with van der Waals surface area (Å²) in [6.07, 6.45) is 0. The summed E-state index contributed by atoms with van der Waals surface area (Å²) in [6.45, 7) is 7.13. The molecule has 5 heteroatoms. The van der Waals surface area contributed by atoms with Crippen molar-refractivity contribution >= 4 is 11.8 Å². The first-order valence-corrected chi connectivity index (χ1v) is 5.30. The Morgan fingerprint density at radius 2 is 1.69 bits per heavy atom. The van der Waals surface area contributed by atoms with Crippen LogP contribution in [0.3, 0.4) is 0 Å². The van der Waals surface area contributed by atoms with Gasteiger partial charge in [-0.05, 0) is 11.8 Å². The third-order valence-corrected chi connectivity index (χ3v) is 2.36. The summed E-state index contributed by atoms with van der Waals surface area (Å²) in [4.78, 5) is 22.8. The zero-order valence-electron chi connectivity index (χ0n) is 10.2. The first kappa shape index (κ1) is 14.4. The van der Waals surface area contributed by atoms with Crippen LogP contribution in [0.1, 0.15) is 27.7 Å². The van der Waals surface area contributed by atoms with E-state index in [0.29, 0.717) is 0 Å². The first-order valence-electron chi connectivity index (χ1n) is 5.30. The molecule has 0 bridgehead atoms. The van der Waals surface area contributed by atoms with Crippen LogP contribution in [0.4, 0.5) is 0 Å². The summed E-state index contributed by atoms with van der Waals surface area (Å²) >= 11 is 0. The van der Waals surface area contributed by atoms with E-state index in [2.05, 4.69) is 5.32 Å². The van der Waals surface area contributed by atoms with Crippen molar-refractivity contribution in [2.24, 2.45) is 23.5 Å². The maximum Gasteiger partial charge on any atom is 0.240 e. The van der Waals surface area contributed by atoms with Crippen molar-refractivity contribution in [2.75, 3.05) is 0 Å². The van der Waals surface area contributed by atoms with Crippen molar-refractivity contribution in [3.63, 3.8) is 0 Å². The van der Waals surface area contributed by atoms with E-state index >= 15 is 0 Å². The molecule has 0 aliphatic rings. The Labute approximate surface area is 96.0 Å². The number of nitrogens with two attached hydrogens (primary N) is 1. The summed E-state index contributed by atoms with van der Waals surface area (Å²) in [5, 5.41) is 11.3. The second kappa shape index (κ2) is 6.11. The number of nitrogens with one attached hydrogen (secondary N) is 1. The van der Waals surface area contributed by atoms with Crippen LogP contribution in [-0.4, -0.2) is 17.9 Å². The van der Waals surface area contributed by atoms with Gasteiger partial charge in [-0.1, -0.05) is 27.7 Å². The maximum atomic E-state index is 11.7. The monoisotopic (exact) mass is 225 g/mol. The lowest BCUT2D eigenvalue weighted by Gasteiger charge is -2.21. The molecule has 0 spiro atoms. The molecule has 2 amide bonds. The van der Waals surface area contributed by atoms with Crippen LogP contribution in [0, 0.1) is 29.1 Å². The lowest BCUT2D eigenvalue weighted by atomic mass is 9.95. The number of nitrogens with zero attached hydrogens (tertiary/aromatic N) is 1. The molecule has 0 rings (SSSR count). The molecule has 0 saturated heterocycles. The van der Waals surface area contributed by atoms with Gasteiger partial charge in [0.25, 0.3) is 0 Å². The minimum absolute atomic E-state index is 0.0899. The number of rotatable bonds is 5. The van der Waals surface area contributed by atoms with E-state index in [-0.39, 0.29) is 11.8 Å². The predicted octanol–water partition coefficient (Wildman–Crippen LogP) is 0.408. The molecule has 0 aromatic carbocycles. The molecule has 0 aromatic rings. The van der Waals surface area contributed by atoms with Crippen molar-refractivity contribution in [1.82, 2.24) is 5.32 Å². The van der Waals surface area contributed by atoms with Crippen LogP contribution in [0.25, 0.3) is 0 Å². The average molecular weight is 225 g/mol. The highest BCUT2D eigenvalue weighted by Crippen LogP contribution is 2.11. The molecule has 0 radical (unpaired) electrons. The second-order valence-electron chi connectivity index (χ2n) is 4.48. The fraction of sp³-hybridized carbons (Fsp3) is 0.727. The van der Waals surface area contributed by atoms with Crippen LogP contribution in [-0.2, 0) is 9.59 Å². The van der Waals surface area contributed by atoms with Crippen molar-refractivity contribution in [3.05, 3.63) is 0 Å². The fourth-order valence-electron chi connectivity index (χ4n) is 1.32. The minimum Gasteiger partial charge on any atom is -0.368 e. The van der Waals surface area contributed by atoms with Crippen LogP contribution in [0.15, 0.2) is 0 Å². The third-order valence-electron chi connectivity index (χ3n) is 2.36. The molecule has 90 valence electrons. The molecular weight excluding hydrogens is 206 g/mol. The average Bonchev–Trinajstić information content (AvgIpc) is 2.13. The van der Waals surface area contributed by atoms with Crippen molar-refractivity contribution in [2.45, 2.75) is 33.7 Å². The summed E-state index contributed by atoms with van der Waals surface area (Å²) in [7, 11) is 0. The van der Waals surface area contributed by atoms with E-state index < -0.39 is 23.8 Å². The first-order chi connectivity index (χ1) is 7.31. The molecular formula is C11H19N3O2. The summed E-state index contributed by atoms with van der Waals surface area (Å²) in [5.74, 6) is -1.95. The van der Waals surface area contributed by atoms with Gasteiger partial charge in [-0.2, -0.15) is 5.26 Å². The van der Waals surface area contributed by atoms with Gasteiger partial charge < -0.3 is 11.1 Å². The topological polar surface area (TPSA) is 96.0 Å². The smallest absolute Gasteiger partial charge is 0.240 e. The van der Waals surface area contributed by atoms with Gasteiger partial charge in [-0.3, -0.25) is 9.59 Å². The zero-order valence-corrected chi connectivity index (χ0v) is 10.2. The molecule has 2 unspecified atom stereocenters. The molecule has 0 aromatic heterocycles. The Hall–Kier alpha value is -1.57. The third kappa shape index (κ3) is 3.89. The van der Waals surface area contributed by atoms with Gasteiger partial charge in [0.2, 0.25) is 11.8 Å². The van der Waals surface area contributed by atoms with Gasteiger partial charge in [0.1, 0.15) is 12.0 Å². The van der Waals surface area contributed by atoms with Gasteiger partial charge in [-0.15, -0.1) is 0 Å². The molecule has 0 aliphatic carbocycles. The Kier molecular flexibility index (Phi) is 5.51. The maximum absolute atomic E-state index is 11.7. The second-order valence-corrected chi connectivity index (χ2v) is 4.48. The van der Waals surface area contributed by atoms with Crippen LogP contribution < -0.4 is 11.1 Å². The van der Waals surface area contributed by atoms with Gasteiger partial charge >= 0.3 is 0 Å². The molecule has 3 N–H and O–H groups in total. The highest BCUT2D eigenvalue weighted by Gasteiger charge is 2.27. The number of hydrogen-bond donors (Lipinski definition) is 2. The predicted molar refractivity (Wildman–Crippen MR) is 59.9 cm³/mol. The molecule has 0 heterocycles. The van der Waals surface area contributed by atoms with Crippen molar-refractivity contribution < 1.29 is 9.59 Å². The van der Waals surface area contributed by atoms with Crippen molar-refractivity contribution in [3.8, 4) is 6.07 Å². The Morgan fingerprint density at radius 3 is 1.94 bits per heavy atom. The molecule has 0 fully saturated rings. The summed E-state index contributed by atoms with van der Waals surface area (Å²) in [5.41, 5.74) is 5.17. The van der Waals surface area contributed by atoms with Gasteiger partial charge in [-0.25, -0.2) is 0 Å². The number of nitriles is 1. The lowest BCUT2D eigenvalue weighted by Crippen LogP contribution is -2.49. The minimum atomic E-state index is -0.749. The number of primary amides is 1. The quantitative estimate of drug-likeness (QED) is 0.709. The highest BCUT2D eigenvalue weighted by molar-refractivity contribution is 5.88. The normalized spacial score (nSPS) is 14.3. The van der Waals surface area contributed by atoms with E-state index in [1.54, 1.807) is 27.7 Å². The number of hydrogen-bond acceptors (Lipinski definition) is 3. The lowest BCUT2D eigenvalue weighted by molar-refractivity contribution is -0.130. The summed E-state index contributed by atoms with van der Waals surface area (Å²) in [6, 6.07) is 1.20. The molecule has 5 nitrogen and oxygen atoms in total. The summed E-state index contributed by atoms with van der Waals surface area (Å²) < 4.78 is 0. The van der Waals surface area contributed by atoms with E-state index in [4.69, 9.17) is 11.0 Å². The fourth-order valence-corrected chi connectivity index (χ4v) is 1.32. The molecule has 16 heavy (non-hydrogen) atoms. The Bertz CT molecular complexity index is 305. The number of amides is 2. The molecule has 2 atom stereocenters. The standard InChI is InChI=1S/C11H19N3O2/c1-6(2)8(5-12)11(16)14-9(7(3)4)10(13)15/h6-9H,1-4H3,(H2,13,15)(H,14,16). The van der Waals surface area contributed by atoms with Crippen LogP contribution in [0.5, 0.6) is 0 Å². The molecule has 0 aliphatic heterocycles. The SMILES string of the molecule is CC(C)C(C#N)C(=O)NC(C(N)=O)C(C)C. The van der Waals surface area contributed by atoms with Gasteiger partial charge in [0.05, 0.1) is 6.07 Å². The Morgan fingerprint density at radius 1 is 1.19 bits per heavy atom. The van der Waals surface area contributed by atoms with E-state index in [1.807, 2.05) is 6.07 Å². The zero-order chi connectivity index (χ0) is 12.9. The number of carbonyl (C=O) groups is 2. The molecule has 0 saturated carbocycles. The van der Waals surface area contributed by atoms with E-state index in [1.165, 1.54) is 0 Å². The van der Waals surface area contributed by atoms with E-state index in [0.717, 1.165) is 0 Å². The van der Waals surface area contributed by atoms with Gasteiger partial charge in [0, 0.05) is 0 Å². The largest absolute Gasteiger partial charge is 0.368 e. The van der Waals surface area contributed by atoms with Crippen LogP contribution in [0.2, 0.25) is 0 Å².